The fourth-order valence-corrected chi connectivity index (χ4v) is 7.89. The molecule has 2 aliphatic rings. The van der Waals surface area contributed by atoms with E-state index in [1.807, 2.05) is 158 Å². The summed E-state index contributed by atoms with van der Waals surface area (Å²) in [7, 11) is 0. The van der Waals surface area contributed by atoms with Crippen molar-refractivity contribution in [3.05, 3.63) is 251 Å². The van der Waals surface area contributed by atoms with Gasteiger partial charge in [-0.2, -0.15) is 0 Å². The first-order valence-corrected chi connectivity index (χ1v) is 18.2. The monoisotopic (exact) mass is 690 g/mol. The lowest BCUT2D eigenvalue weighted by molar-refractivity contribution is -0.109. The average molecular weight is 691 g/mol. The van der Waals surface area contributed by atoms with Crippen LogP contribution in [-0.2, 0) is 9.59 Å². The second-order valence-electron chi connectivity index (χ2n) is 13.4. The number of carbonyl (C=O) groups excluding carboxylic acids is 2. The summed E-state index contributed by atoms with van der Waals surface area (Å²) in [6, 6.07) is 68.6. The molecule has 54 heavy (non-hydrogen) atoms. The number of rotatable bonds is 8. The van der Waals surface area contributed by atoms with Crippen LogP contribution >= 0.6 is 0 Å². The van der Waals surface area contributed by atoms with Gasteiger partial charge in [0.2, 0.25) is 0 Å². The maximum atomic E-state index is 14.9. The Labute approximate surface area is 315 Å². The lowest BCUT2D eigenvalue weighted by atomic mass is 9.88. The van der Waals surface area contributed by atoms with Gasteiger partial charge in [-0.05, 0) is 44.5 Å². The van der Waals surface area contributed by atoms with Gasteiger partial charge >= 0.3 is 0 Å². The van der Waals surface area contributed by atoms with Gasteiger partial charge in [-0.25, -0.2) is 0 Å². The van der Waals surface area contributed by atoms with E-state index in [0.29, 0.717) is 22.3 Å². The van der Waals surface area contributed by atoms with Crippen LogP contribution in [0.3, 0.4) is 0 Å². The fraction of sp³-hybridized carbons (Fsp3) is 0. The molecule has 0 aliphatic heterocycles. The van der Waals surface area contributed by atoms with E-state index in [9.17, 15) is 9.59 Å². The van der Waals surface area contributed by atoms with E-state index in [1.165, 1.54) is 0 Å². The van der Waals surface area contributed by atoms with Crippen molar-refractivity contribution in [2.24, 2.45) is 0 Å². The minimum atomic E-state index is -0.0211. The van der Waals surface area contributed by atoms with Crippen molar-refractivity contribution in [2.45, 2.75) is 0 Å². The topological polar surface area (TPSA) is 34.1 Å². The maximum absolute atomic E-state index is 14.9. The van der Waals surface area contributed by atoms with Crippen LogP contribution in [0, 0.1) is 0 Å². The zero-order chi connectivity index (χ0) is 36.4. The van der Waals surface area contributed by atoms with Crippen molar-refractivity contribution < 1.29 is 9.59 Å². The molecule has 2 nitrogen and oxygen atoms in total. The van der Waals surface area contributed by atoms with Gasteiger partial charge in [0.25, 0.3) is 0 Å². The van der Waals surface area contributed by atoms with Crippen molar-refractivity contribution in [1.82, 2.24) is 0 Å². The molecule has 0 saturated carbocycles. The molecule has 0 fully saturated rings. The Morgan fingerprint density at radius 3 is 0.500 bits per heavy atom. The molecule has 0 amide bonds. The third kappa shape index (κ3) is 5.71. The summed E-state index contributed by atoms with van der Waals surface area (Å²) in [5, 5.41) is 0. The standard InChI is InChI=1S/C52H34O2/c53-51-47(39-27-15-5-16-28-39)43(35-19-7-1-8-20-35)45(37-23-11-3-12-24-37)49(51)41-31-33-42(34-32-41)50-46(38-25-13-4-14-26-38)44(36-21-9-2-10-22-36)48(52(50)54)40-29-17-6-18-30-40/h1-34H. The number of benzene rings is 7. The van der Waals surface area contributed by atoms with Crippen LogP contribution in [-0.4, -0.2) is 11.6 Å². The highest BCUT2D eigenvalue weighted by Crippen LogP contribution is 2.52. The Hall–Kier alpha value is -7.16. The highest BCUT2D eigenvalue weighted by molar-refractivity contribution is 6.60. The molecule has 0 bridgehead atoms. The third-order valence-electron chi connectivity index (χ3n) is 10.2. The average Bonchev–Trinajstić information content (AvgIpc) is 3.73. The lowest BCUT2D eigenvalue weighted by Crippen LogP contribution is -2.04. The summed E-state index contributed by atoms with van der Waals surface area (Å²) < 4.78 is 0. The lowest BCUT2D eigenvalue weighted by Gasteiger charge is -2.14. The Morgan fingerprint density at radius 2 is 0.315 bits per heavy atom. The summed E-state index contributed by atoms with van der Waals surface area (Å²) in [5.74, 6) is -0.0423. The van der Waals surface area contributed by atoms with Crippen LogP contribution in [0.5, 0.6) is 0 Å². The van der Waals surface area contributed by atoms with Gasteiger partial charge in [0, 0.05) is 44.6 Å². The van der Waals surface area contributed by atoms with Gasteiger partial charge in [-0.15, -0.1) is 0 Å². The van der Waals surface area contributed by atoms with Gasteiger partial charge in [0.15, 0.2) is 11.6 Å². The molecule has 0 N–H and O–H groups in total. The van der Waals surface area contributed by atoms with Crippen LogP contribution in [0.15, 0.2) is 206 Å². The summed E-state index contributed by atoms with van der Waals surface area (Å²) in [6.45, 7) is 0. The molecule has 7 aromatic carbocycles. The molecule has 9 rings (SSSR count). The largest absolute Gasteiger partial charge is 0.289 e. The van der Waals surface area contributed by atoms with Crippen molar-refractivity contribution in [3.8, 4) is 0 Å². The van der Waals surface area contributed by atoms with Crippen LogP contribution < -0.4 is 0 Å². The van der Waals surface area contributed by atoms with Crippen molar-refractivity contribution >= 4 is 56.2 Å². The predicted molar refractivity (Wildman–Crippen MR) is 222 cm³/mol. The van der Waals surface area contributed by atoms with Crippen LogP contribution in [0.4, 0.5) is 0 Å². The molecule has 2 heteroatoms. The van der Waals surface area contributed by atoms with Gasteiger partial charge in [0.05, 0.1) is 0 Å². The number of allylic oxidation sites excluding steroid dienone is 8. The molecule has 254 valence electrons. The van der Waals surface area contributed by atoms with Crippen molar-refractivity contribution in [2.75, 3.05) is 0 Å². The molecule has 0 unspecified atom stereocenters. The number of Topliss-reactive ketones (excluding diaryl/α,β-unsaturated/α-hetero) is 2. The molecule has 0 aromatic heterocycles. The van der Waals surface area contributed by atoms with Gasteiger partial charge in [-0.3, -0.25) is 9.59 Å². The normalized spacial score (nSPS) is 14.4. The molecular weight excluding hydrogens is 657 g/mol. The Kier molecular flexibility index (Phi) is 8.55. The van der Waals surface area contributed by atoms with Crippen molar-refractivity contribution in [1.29, 1.82) is 0 Å². The molecule has 0 saturated heterocycles. The summed E-state index contributed by atoms with van der Waals surface area (Å²) in [4.78, 5) is 29.8. The van der Waals surface area contributed by atoms with Crippen LogP contribution in [0.1, 0.15) is 44.5 Å². The van der Waals surface area contributed by atoms with E-state index in [1.54, 1.807) is 0 Å². The highest BCUT2D eigenvalue weighted by atomic mass is 16.1. The van der Waals surface area contributed by atoms with E-state index >= 15 is 0 Å². The Morgan fingerprint density at radius 1 is 0.167 bits per heavy atom. The minimum Gasteiger partial charge on any atom is -0.289 e. The first kappa shape index (κ1) is 32.7. The van der Waals surface area contributed by atoms with Gasteiger partial charge < -0.3 is 0 Å². The van der Waals surface area contributed by atoms with Crippen LogP contribution in [0.25, 0.3) is 44.6 Å². The molecule has 7 aromatic rings. The quantitative estimate of drug-likeness (QED) is 0.159. The maximum Gasteiger partial charge on any atom is 0.195 e. The first-order valence-electron chi connectivity index (χ1n) is 18.2. The molecule has 0 radical (unpaired) electrons. The summed E-state index contributed by atoms with van der Waals surface area (Å²) in [5.41, 5.74) is 13.6. The van der Waals surface area contributed by atoms with E-state index in [4.69, 9.17) is 0 Å². The molecule has 0 heterocycles. The second-order valence-corrected chi connectivity index (χ2v) is 13.4. The number of hydrogen-bond donors (Lipinski definition) is 0. The van der Waals surface area contributed by atoms with Crippen LogP contribution in [0.2, 0.25) is 0 Å². The number of hydrogen-bond acceptors (Lipinski definition) is 2. The zero-order valence-electron chi connectivity index (χ0n) is 29.4. The summed E-state index contributed by atoms with van der Waals surface area (Å²) >= 11 is 0. The Bertz CT molecular complexity index is 2460. The third-order valence-corrected chi connectivity index (χ3v) is 10.2. The van der Waals surface area contributed by atoms with Crippen molar-refractivity contribution in [3.63, 3.8) is 0 Å². The highest BCUT2D eigenvalue weighted by Gasteiger charge is 2.37. The molecule has 0 atom stereocenters. The van der Waals surface area contributed by atoms with Gasteiger partial charge in [-0.1, -0.05) is 206 Å². The zero-order valence-corrected chi connectivity index (χ0v) is 29.4. The first-order chi connectivity index (χ1) is 26.7. The SMILES string of the molecule is O=C1C(c2ccccc2)=C(c2ccccc2)C(c2ccccc2)=C1c1ccc(C2=C(c3ccccc3)C(c3ccccc3)=C(c3ccccc3)C2=O)cc1. The van der Waals surface area contributed by atoms with E-state index in [2.05, 4.69) is 48.5 Å². The number of carbonyl (C=O) groups is 2. The van der Waals surface area contributed by atoms with E-state index in [-0.39, 0.29) is 11.6 Å². The van der Waals surface area contributed by atoms with E-state index < -0.39 is 0 Å². The molecular formula is C52H34O2. The van der Waals surface area contributed by atoms with Gasteiger partial charge in [0.1, 0.15) is 0 Å². The number of ketones is 2. The smallest absolute Gasteiger partial charge is 0.195 e. The fourth-order valence-electron chi connectivity index (χ4n) is 7.89. The summed E-state index contributed by atoms with van der Waals surface area (Å²) in [6.07, 6.45) is 0. The predicted octanol–water partition coefficient (Wildman–Crippen LogP) is 11.9. The second kappa shape index (κ2) is 14.1. The minimum absolute atomic E-state index is 0.0211. The molecule has 2 aliphatic carbocycles. The molecule has 0 spiro atoms. The van der Waals surface area contributed by atoms with E-state index in [0.717, 1.165) is 66.8 Å². The Balaban J connectivity index is 1.25.